The van der Waals surface area contributed by atoms with Crippen LogP contribution in [0.3, 0.4) is 0 Å². The molecule has 0 aliphatic rings. The van der Waals surface area contributed by atoms with Crippen molar-refractivity contribution in [3.63, 3.8) is 0 Å². The van der Waals surface area contributed by atoms with Gasteiger partial charge in [0, 0.05) is 58.9 Å². The van der Waals surface area contributed by atoms with Gasteiger partial charge < -0.3 is 29.2 Å². The summed E-state index contributed by atoms with van der Waals surface area (Å²) in [6, 6.07) is 13.1. The number of hydrogen-bond donors (Lipinski definition) is 2. The summed E-state index contributed by atoms with van der Waals surface area (Å²) >= 11 is 13.3. The Morgan fingerprint density at radius 1 is 0.981 bits per heavy atom. The number of esters is 1. The average molecular weight is 744 g/mol. The van der Waals surface area contributed by atoms with E-state index in [9.17, 15) is 9.59 Å². The molecule has 12 heteroatoms. The van der Waals surface area contributed by atoms with Crippen molar-refractivity contribution in [3.8, 4) is 16.9 Å². The van der Waals surface area contributed by atoms with Crippen LogP contribution in [-0.4, -0.2) is 70.5 Å². The van der Waals surface area contributed by atoms with Gasteiger partial charge in [-0.25, -0.2) is 4.79 Å². The summed E-state index contributed by atoms with van der Waals surface area (Å²) in [4.78, 5) is 32.9. The van der Waals surface area contributed by atoms with Crippen molar-refractivity contribution in [1.82, 2.24) is 24.2 Å². The highest BCUT2D eigenvalue weighted by Crippen LogP contribution is 2.41. The summed E-state index contributed by atoms with van der Waals surface area (Å²) in [7, 11) is 7.27. The number of aromatic amines is 1. The molecule has 52 heavy (non-hydrogen) atoms. The van der Waals surface area contributed by atoms with Crippen LogP contribution >= 0.6 is 23.2 Å². The van der Waals surface area contributed by atoms with Crippen LogP contribution in [-0.2, 0) is 24.8 Å². The molecular weight excluding hydrogens is 699 g/mol. The van der Waals surface area contributed by atoms with Gasteiger partial charge in [-0.3, -0.25) is 9.48 Å². The zero-order valence-electron chi connectivity index (χ0n) is 30.8. The molecule has 0 unspecified atom stereocenters. The SMILES string of the molecule is COC(=O)c1cc(NC(=O)c2[nH]c3c(-c4c(C)nn(C)c4C)c(Cl)ccc3c2CCCOc2cc(C)c(Cl)c(C)c2)c2ccn(CCN(C)C)c2c1. The normalized spacial score (nSPS) is 11.6. The number of anilines is 1. The summed E-state index contributed by atoms with van der Waals surface area (Å²) in [6.45, 7) is 9.81. The molecule has 0 saturated carbocycles. The first-order valence-corrected chi connectivity index (χ1v) is 17.9. The minimum atomic E-state index is -0.489. The number of H-pyrrole nitrogens is 1. The first-order valence-electron chi connectivity index (χ1n) is 17.2. The summed E-state index contributed by atoms with van der Waals surface area (Å²) < 4.78 is 15.1. The number of nitrogens with one attached hydrogen (secondary N) is 2. The van der Waals surface area contributed by atoms with Gasteiger partial charge in [0.15, 0.2) is 0 Å². The molecule has 3 aromatic carbocycles. The van der Waals surface area contributed by atoms with Crippen LogP contribution in [0.15, 0.2) is 48.7 Å². The maximum Gasteiger partial charge on any atom is 0.337 e. The largest absolute Gasteiger partial charge is 0.494 e. The molecule has 2 N–H and O–H groups in total. The summed E-state index contributed by atoms with van der Waals surface area (Å²) in [5.41, 5.74) is 9.06. The van der Waals surface area contributed by atoms with E-state index in [4.69, 9.17) is 32.7 Å². The van der Waals surface area contributed by atoms with E-state index in [1.165, 1.54) is 7.11 Å². The van der Waals surface area contributed by atoms with Crippen LogP contribution in [0.25, 0.3) is 32.9 Å². The van der Waals surface area contributed by atoms with Crippen molar-refractivity contribution < 1.29 is 19.1 Å². The van der Waals surface area contributed by atoms with Crippen LogP contribution in [0.2, 0.25) is 10.0 Å². The molecule has 6 rings (SSSR count). The highest BCUT2D eigenvalue weighted by atomic mass is 35.5. The standard InChI is InChI=1S/C40H44Cl2N6O4/c1-22-18-27(19-23(2)36(22)42)52-17-9-10-28-29-11-12-31(41)35(34-24(3)45-47(7)25(34)4)37(29)44-38(28)39(49)43-32-20-26(40(50)51-8)21-33-30(32)13-14-48(33)16-15-46(5)6/h11-14,18-21,44H,9-10,15-17H2,1-8H3,(H,43,49). The van der Waals surface area contributed by atoms with Crippen molar-refractivity contribution in [1.29, 1.82) is 0 Å². The Balaban J connectivity index is 1.42. The Morgan fingerprint density at radius 2 is 1.71 bits per heavy atom. The molecule has 0 fully saturated rings. The molecule has 0 spiro atoms. The van der Waals surface area contributed by atoms with E-state index in [-0.39, 0.29) is 5.91 Å². The van der Waals surface area contributed by atoms with Crippen molar-refractivity contribution >= 4 is 62.6 Å². The van der Waals surface area contributed by atoms with E-state index in [1.54, 1.807) is 12.1 Å². The Kier molecular flexibility index (Phi) is 10.7. The van der Waals surface area contributed by atoms with Gasteiger partial charge >= 0.3 is 5.97 Å². The molecule has 0 aliphatic carbocycles. The monoisotopic (exact) mass is 742 g/mol. The molecule has 1 amide bonds. The van der Waals surface area contributed by atoms with Crippen LogP contribution < -0.4 is 10.1 Å². The fraction of sp³-hybridized carbons (Fsp3) is 0.325. The highest BCUT2D eigenvalue weighted by Gasteiger charge is 2.25. The number of ether oxygens (including phenoxy) is 2. The number of nitrogens with zero attached hydrogens (tertiary/aromatic N) is 4. The predicted molar refractivity (Wildman–Crippen MR) is 210 cm³/mol. The number of carbonyl (C=O) groups excluding carboxylic acids is 2. The molecule has 0 atom stereocenters. The molecule has 0 bridgehead atoms. The number of rotatable bonds is 12. The van der Waals surface area contributed by atoms with E-state index in [0.29, 0.717) is 48.0 Å². The lowest BCUT2D eigenvalue weighted by molar-refractivity contribution is 0.0600. The molecule has 0 radical (unpaired) electrons. The van der Waals surface area contributed by atoms with E-state index in [0.717, 1.165) is 78.3 Å². The average Bonchev–Trinajstić information content (AvgIpc) is 3.77. The fourth-order valence-corrected chi connectivity index (χ4v) is 7.24. The van der Waals surface area contributed by atoms with E-state index in [2.05, 4.69) is 24.9 Å². The van der Waals surface area contributed by atoms with Gasteiger partial charge in [-0.2, -0.15) is 5.10 Å². The van der Waals surface area contributed by atoms with Crippen LogP contribution in [0, 0.1) is 27.7 Å². The molecule has 272 valence electrons. The number of fused-ring (bicyclic) bond motifs is 2. The number of hydrogen-bond acceptors (Lipinski definition) is 6. The second-order valence-corrected chi connectivity index (χ2v) is 14.3. The third kappa shape index (κ3) is 7.15. The number of aromatic nitrogens is 4. The number of benzene rings is 3. The Morgan fingerprint density at radius 3 is 2.37 bits per heavy atom. The van der Waals surface area contributed by atoms with Gasteiger partial charge in [0.1, 0.15) is 11.4 Å². The van der Waals surface area contributed by atoms with Gasteiger partial charge in [0.05, 0.1) is 46.7 Å². The molecule has 3 heterocycles. The van der Waals surface area contributed by atoms with Crippen molar-refractivity contribution in [2.45, 2.75) is 47.1 Å². The lowest BCUT2D eigenvalue weighted by Gasteiger charge is -2.13. The quantitative estimate of drug-likeness (QED) is 0.0961. The highest BCUT2D eigenvalue weighted by molar-refractivity contribution is 6.35. The smallest absolute Gasteiger partial charge is 0.337 e. The minimum absolute atomic E-state index is 0.341. The van der Waals surface area contributed by atoms with E-state index < -0.39 is 5.97 Å². The predicted octanol–water partition coefficient (Wildman–Crippen LogP) is 8.68. The van der Waals surface area contributed by atoms with Crippen molar-refractivity contribution in [2.75, 3.05) is 39.7 Å². The van der Waals surface area contributed by atoms with Crippen molar-refractivity contribution in [2.24, 2.45) is 7.05 Å². The van der Waals surface area contributed by atoms with Gasteiger partial charge in [-0.05, 0) is 108 Å². The third-order valence-electron chi connectivity index (χ3n) is 9.61. The Hall–Kier alpha value is -4.77. The maximum absolute atomic E-state index is 14.5. The fourth-order valence-electron chi connectivity index (χ4n) is 6.88. The lowest BCUT2D eigenvalue weighted by atomic mass is 9.98. The lowest BCUT2D eigenvalue weighted by Crippen LogP contribution is -2.18. The minimum Gasteiger partial charge on any atom is -0.494 e. The summed E-state index contributed by atoms with van der Waals surface area (Å²) in [5.74, 6) is -0.0846. The number of halogens is 2. The number of carbonyl (C=O) groups is 2. The van der Waals surface area contributed by atoms with Gasteiger partial charge in [-0.1, -0.05) is 29.3 Å². The summed E-state index contributed by atoms with van der Waals surface area (Å²) in [5, 5.41) is 10.8. The van der Waals surface area contributed by atoms with E-state index in [1.807, 2.05) is 90.0 Å². The van der Waals surface area contributed by atoms with E-state index >= 15 is 0 Å². The van der Waals surface area contributed by atoms with Crippen LogP contribution in [0.1, 0.15) is 55.3 Å². The maximum atomic E-state index is 14.5. The number of aryl methyl sites for hydroxylation is 5. The van der Waals surface area contributed by atoms with Gasteiger partial charge in [-0.15, -0.1) is 0 Å². The Labute approximate surface area is 313 Å². The Bertz CT molecular complexity index is 2310. The second-order valence-electron chi connectivity index (χ2n) is 13.5. The number of likely N-dealkylation sites (N-methyl/N-ethyl adjacent to an activating group) is 1. The van der Waals surface area contributed by atoms with Crippen LogP contribution in [0.4, 0.5) is 5.69 Å². The second kappa shape index (κ2) is 15.1. The van der Waals surface area contributed by atoms with Gasteiger partial charge in [0.2, 0.25) is 0 Å². The number of methoxy groups -OCH3 is 1. The molecule has 3 aromatic heterocycles. The topological polar surface area (TPSA) is 106 Å². The zero-order valence-corrected chi connectivity index (χ0v) is 32.3. The zero-order chi connectivity index (χ0) is 37.4. The third-order valence-corrected chi connectivity index (χ3v) is 10.5. The first kappa shape index (κ1) is 37.0. The number of amides is 1. The van der Waals surface area contributed by atoms with Crippen LogP contribution in [0.5, 0.6) is 5.75 Å². The molecule has 0 saturated heterocycles. The first-order chi connectivity index (χ1) is 24.8. The van der Waals surface area contributed by atoms with Crippen molar-refractivity contribution in [3.05, 3.63) is 98.0 Å². The molecular formula is C40H44Cl2N6O4. The molecule has 6 aromatic rings. The molecule has 0 aliphatic heterocycles. The molecule has 10 nitrogen and oxygen atoms in total. The van der Waals surface area contributed by atoms with Gasteiger partial charge in [0.25, 0.3) is 5.91 Å². The summed E-state index contributed by atoms with van der Waals surface area (Å²) in [6.07, 6.45) is 3.14.